The third-order valence-electron chi connectivity index (χ3n) is 9.02. The summed E-state index contributed by atoms with van der Waals surface area (Å²) in [6.45, 7) is 48.6. The average molecular weight is 994 g/mol. The van der Waals surface area contributed by atoms with Crippen LogP contribution in [0.1, 0.15) is 176 Å². The third kappa shape index (κ3) is 23.3. The molecule has 0 radical (unpaired) electrons. The summed E-state index contributed by atoms with van der Waals surface area (Å²) >= 11 is 0. The molecule has 1 aromatic rings. The molecule has 0 saturated carbocycles. The summed E-state index contributed by atoms with van der Waals surface area (Å²) in [6, 6.07) is 9.22. The zero-order valence-corrected chi connectivity index (χ0v) is 50.5. The second-order valence-electron chi connectivity index (χ2n) is 22.8. The molecule has 6 heterocycles. The predicted octanol–water partition coefficient (Wildman–Crippen LogP) is 12.7. The summed E-state index contributed by atoms with van der Waals surface area (Å²) in [5.74, 6) is 0. The fourth-order valence-electron chi connectivity index (χ4n) is 6.50. The number of rotatable bonds is 6. The maximum Gasteiger partial charge on any atom is 2.00 e. The number of benzene rings is 1. The van der Waals surface area contributed by atoms with E-state index in [4.69, 9.17) is 39.3 Å². The minimum absolute atomic E-state index is 0. The van der Waals surface area contributed by atoms with E-state index in [0.717, 1.165) is 52.9 Å². The van der Waals surface area contributed by atoms with Gasteiger partial charge in [-0.05, 0) is 117 Å². The zero-order chi connectivity index (χ0) is 46.6. The summed E-state index contributed by atoms with van der Waals surface area (Å²) < 4.78 is 27.9. The van der Waals surface area contributed by atoms with Crippen molar-refractivity contribution in [3.05, 3.63) is 44.6 Å². The van der Waals surface area contributed by atoms with Crippen molar-refractivity contribution in [2.75, 3.05) is 61.7 Å². The maximum absolute atomic E-state index is 5.40. The SMILES string of the molecule is C1CCOC1.C1CCOC1.C1CCOC1.C1CCOC1.CC(C)(C)[N-][P@]1N(c2ccc(N3[P@]([N-]C(C)(C)C)[NH+](C(C)(C)C)[P@@]3[N-]C(C)(C)C)cc2)[P@@]([N-]C(C)(C)C)[NH+]1C(C)(C)C.[Mg+2].[Mg+2]. The molecule has 18 heteroatoms. The van der Waals surface area contributed by atoms with Gasteiger partial charge < -0.3 is 39.3 Å². The van der Waals surface area contributed by atoms with Crippen molar-refractivity contribution < 1.29 is 27.8 Å². The first-order valence-corrected chi connectivity index (χ1v) is 28.5. The Kier molecular flexibility index (Phi) is 28.5. The molecule has 6 aliphatic rings. The van der Waals surface area contributed by atoms with Crippen LogP contribution in [0.3, 0.4) is 0 Å². The van der Waals surface area contributed by atoms with Gasteiger partial charge in [0.2, 0.25) is 0 Å². The molecule has 64 heavy (non-hydrogen) atoms. The van der Waals surface area contributed by atoms with Gasteiger partial charge in [0, 0.05) is 52.9 Å². The molecule has 0 spiro atoms. The summed E-state index contributed by atoms with van der Waals surface area (Å²) in [5, 5.41) is 21.6. The Bertz CT molecular complexity index is 1200. The van der Waals surface area contributed by atoms with Crippen LogP contribution in [0.25, 0.3) is 20.3 Å². The third-order valence-corrected chi connectivity index (χ3v) is 22.9. The Morgan fingerprint density at radius 3 is 0.641 bits per heavy atom. The van der Waals surface area contributed by atoms with E-state index in [9.17, 15) is 0 Å². The maximum atomic E-state index is 5.40. The summed E-state index contributed by atoms with van der Waals surface area (Å²) in [5.41, 5.74) is 2.10. The zero-order valence-electron chi connectivity index (χ0n) is 44.1. The number of hydrogen-bond donors (Lipinski definition) is 2. The molecular weight excluding hydrogens is 901 g/mol. The molecule has 6 fully saturated rings. The standard InChI is InChI=1S/C30H58N8P4.4C4H8O.2Mg/c1-25(2,3)31-39-35(40(32-26(4,5)6)37(39)29(13,14)15)23-19-21-24(22-20-23)36-41(33-27(7,8)9)38(30(16,17)18)42(36)34-28(10,11)12;4*1-2-4-5-3-1;;/h19-22H,1-18H3;4*1-4H2;;/q-4;;;;;2*+2/p+2/t39-,40-,41+,42+;;;;;;. The van der Waals surface area contributed by atoms with E-state index in [2.05, 4.69) is 158 Å². The van der Waals surface area contributed by atoms with Gasteiger partial charge in [0.15, 0.2) is 0 Å². The number of anilines is 2. The number of quaternary nitrogens is 2. The van der Waals surface area contributed by atoms with Gasteiger partial charge in [0.05, 0.1) is 22.5 Å². The summed E-state index contributed by atoms with van der Waals surface area (Å²) in [4.78, 5) is 0. The van der Waals surface area contributed by atoms with Crippen LogP contribution >= 0.6 is 33.5 Å². The van der Waals surface area contributed by atoms with Gasteiger partial charge in [-0.2, -0.15) is 0 Å². The first-order valence-electron chi connectivity index (χ1n) is 23.5. The van der Waals surface area contributed by atoms with Crippen molar-refractivity contribution in [2.24, 2.45) is 0 Å². The van der Waals surface area contributed by atoms with Crippen LogP contribution in [0.15, 0.2) is 24.3 Å². The molecule has 6 aliphatic heterocycles. The minimum Gasteiger partial charge on any atom is -0.560 e. The van der Waals surface area contributed by atoms with Crippen molar-refractivity contribution >= 4 is 91.0 Å². The van der Waals surface area contributed by atoms with Gasteiger partial charge >= 0.3 is 46.1 Å². The van der Waals surface area contributed by atoms with Crippen LogP contribution < -0.4 is 17.8 Å². The Morgan fingerprint density at radius 2 is 0.531 bits per heavy atom. The molecule has 6 saturated heterocycles. The van der Waals surface area contributed by atoms with Gasteiger partial charge in [-0.1, -0.05) is 83.1 Å². The molecule has 0 aromatic heterocycles. The van der Waals surface area contributed by atoms with Gasteiger partial charge in [-0.15, -0.1) is 22.2 Å². The molecule has 0 bridgehead atoms. The Morgan fingerprint density at radius 1 is 0.359 bits per heavy atom. The molecular formula is C46H92Mg2N8O4P4+2. The Hall–Kier alpha value is 1.67. The van der Waals surface area contributed by atoms with Crippen molar-refractivity contribution in [1.29, 1.82) is 0 Å². The molecule has 362 valence electrons. The van der Waals surface area contributed by atoms with Crippen LogP contribution in [0.4, 0.5) is 11.4 Å². The molecule has 1 aromatic carbocycles. The fourth-order valence-corrected chi connectivity index (χ4v) is 18.5. The van der Waals surface area contributed by atoms with Gasteiger partial charge in [0.25, 0.3) is 0 Å². The summed E-state index contributed by atoms with van der Waals surface area (Å²) in [6.07, 6.45) is 10.2. The number of nitrogens with zero attached hydrogens (tertiary/aromatic N) is 6. The van der Waals surface area contributed by atoms with Crippen LogP contribution in [-0.2, 0) is 18.9 Å². The Balaban J connectivity index is 0.000000748. The first kappa shape index (κ1) is 63.7. The molecule has 12 nitrogen and oxygen atoms in total. The summed E-state index contributed by atoms with van der Waals surface area (Å²) in [7, 11) is -3.19. The number of ether oxygens (including phenoxy) is 4. The van der Waals surface area contributed by atoms with E-state index in [0.29, 0.717) is 0 Å². The van der Waals surface area contributed by atoms with Crippen LogP contribution in [0.5, 0.6) is 0 Å². The van der Waals surface area contributed by atoms with Crippen molar-refractivity contribution in [3.63, 3.8) is 0 Å². The van der Waals surface area contributed by atoms with Crippen LogP contribution in [0.2, 0.25) is 0 Å². The van der Waals surface area contributed by atoms with Gasteiger partial charge in [-0.25, -0.2) is 0 Å². The molecule has 4 atom stereocenters. The topological polar surface area (TPSA) is 109 Å². The van der Waals surface area contributed by atoms with Crippen molar-refractivity contribution in [3.8, 4) is 0 Å². The molecule has 0 amide bonds. The molecule has 2 N–H and O–H groups in total. The van der Waals surface area contributed by atoms with Crippen molar-refractivity contribution in [1.82, 2.24) is 0 Å². The monoisotopic (exact) mass is 993 g/mol. The van der Waals surface area contributed by atoms with Crippen LogP contribution in [0, 0.1) is 0 Å². The van der Waals surface area contributed by atoms with E-state index in [1.807, 2.05) is 0 Å². The second kappa shape index (κ2) is 28.6. The first-order chi connectivity index (χ1) is 28.6. The minimum atomic E-state index is -0.798. The average Bonchev–Trinajstić information content (AvgIpc) is 3.96. The number of nitrogens with one attached hydrogen (secondary N) is 2. The van der Waals surface area contributed by atoms with Crippen LogP contribution in [-0.4, -0.2) is 132 Å². The largest absolute Gasteiger partial charge is 2.00 e. The second-order valence-corrected chi connectivity index (χ2v) is 30.6. The molecule has 0 unspecified atom stereocenters. The predicted molar refractivity (Wildman–Crippen MR) is 285 cm³/mol. The smallest absolute Gasteiger partial charge is 0.560 e. The van der Waals surface area contributed by atoms with E-state index >= 15 is 0 Å². The van der Waals surface area contributed by atoms with Gasteiger partial charge in [0.1, 0.15) is 33.5 Å². The quantitative estimate of drug-likeness (QED) is 0.217. The van der Waals surface area contributed by atoms with E-state index in [1.165, 1.54) is 71.6 Å². The fraction of sp³-hybridized carbons (Fsp3) is 0.870. The molecule has 7 rings (SSSR count). The number of hydrogen-bond acceptors (Lipinski definition) is 6. The van der Waals surface area contributed by atoms with E-state index in [-0.39, 0.29) is 79.3 Å². The Labute approximate surface area is 431 Å². The van der Waals surface area contributed by atoms with Crippen molar-refractivity contribution in [2.45, 2.75) is 209 Å². The van der Waals surface area contributed by atoms with Gasteiger partial charge in [-0.3, -0.25) is 17.8 Å². The normalized spacial score (nSPS) is 24.2. The van der Waals surface area contributed by atoms with E-state index in [1.54, 1.807) is 0 Å². The molecule has 0 aliphatic carbocycles. The van der Waals surface area contributed by atoms with E-state index < -0.39 is 33.5 Å².